The molecule has 2 aliphatic rings. The largest absolute Gasteiger partial charge is 0.486 e. The summed E-state index contributed by atoms with van der Waals surface area (Å²) < 4.78 is 31.0. The zero-order chi connectivity index (χ0) is 25.9. The van der Waals surface area contributed by atoms with Crippen LogP contribution < -0.4 is 9.64 Å². The van der Waals surface area contributed by atoms with E-state index in [4.69, 9.17) is 27.9 Å². The number of hydrogen-bond donors (Lipinski definition) is 1. The quantitative estimate of drug-likeness (QED) is 0.377. The fraction of sp³-hybridized carbons (Fsp3) is 0.333. The molecule has 2 fully saturated rings. The van der Waals surface area contributed by atoms with Gasteiger partial charge in [0, 0.05) is 48.7 Å². The fourth-order valence-corrected chi connectivity index (χ4v) is 6.69. The van der Waals surface area contributed by atoms with Gasteiger partial charge in [0.25, 0.3) is 0 Å². The Hall–Kier alpha value is -2.99. The van der Waals surface area contributed by atoms with E-state index in [1.807, 2.05) is 37.3 Å². The molecule has 0 bridgehead atoms. The smallest absolute Gasteiger partial charge is 0.211 e. The van der Waals surface area contributed by atoms with Crippen molar-refractivity contribution in [2.75, 3.05) is 37.3 Å². The van der Waals surface area contributed by atoms with E-state index in [1.165, 1.54) is 16.8 Å². The Morgan fingerprint density at radius 2 is 1.89 bits per heavy atom. The molecule has 2 saturated heterocycles. The topological polar surface area (TPSA) is 117 Å². The van der Waals surface area contributed by atoms with Crippen molar-refractivity contribution in [3.05, 3.63) is 58.5 Å². The van der Waals surface area contributed by atoms with Gasteiger partial charge in [0.1, 0.15) is 23.4 Å². The fourth-order valence-electron chi connectivity index (χ4n) is 5.04. The molecular weight excluding hydrogens is 537 g/mol. The lowest BCUT2D eigenvalue weighted by molar-refractivity contribution is 0.0395. The van der Waals surface area contributed by atoms with Crippen LogP contribution in [-0.2, 0) is 10.0 Å². The number of fused-ring (bicyclic) bond motifs is 1. The Balaban J connectivity index is 1.18. The van der Waals surface area contributed by atoms with E-state index in [-0.39, 0.29) is 10.6 Å². The number of nitrogens with zero attached hydrogens (tertiary/aromatic N) is 6. The third-order valence-corrected chi connectivity index (χ3v) is 8.72. The van der Waals surface area contributed by atoms with Crippen LogP contribution in [-0.4, -0.2) is 70.5 Å². The maximum Gasteiger partial charge on any atom is 0.211 e. The molecule has 3 aromatic heterocycles. The highest BCUT2D eigenvalue weighted by Crippen LogP contribution is 2.42. The van der Waals surface area contributed by atoms with E-state index in [2.05, 4.69) is 30.3 Å². The summed E-state index contributed by atoms with van der Waals surface area (Å²) in [6, 6.07) is 9.63. The average molecular weight is 560 g/mol. The van der Waals surface area contributed by atoms with Crippen LogP contribution in [0, 0.1) is 5.41 Å². The van der Waals surface area contributed by atoms with Crippen LogP contribution in [0.15, 0.2) is 42.7 Å². The summed E-state index contributed by atoms with van der Waals surface area (Å²) in [6.45, 7) is 4.62. The van der Waals surface area contributed by atoms with E-state index < -0.39 is 16.1 Å². The van der Waals surface area contributed by atoms with Gasteiger partial charge < -0.3 is 9.64 Å². The lowest BCUT2D eigenvalue weighted by Crippen LogP contribution is -2.73. The second-order valence-corrected chi connectivity index (χ2v) is 12.5. The van der Waals surface area contributed by atoms with Crippen LogP contribution in [0.25, 0.3) is 22.2 Å². The highest BCUT2D eigenvalue weighted by atomic mass is 35.5. The minimum absolute atomic E-state index is 0.0517. The molecule has 1 aromatic carbocycles. The van der Waals surface area contributed by atoms with Gasteiger partial charge in [0.15, 0.2) is 5.15 Å². The number of rotatable bonds is 6. The summed E-state index contributed by atoms with van der Waals surface area (Å²) in [5, 5.41) is 16.7. The zero-order valence-electron chi connectivity index (χ0n) is 20.0. The molecule has 37 heavy (non-hydrogen) atoms. The van der Waals surface area contributed by atoms with Gasteiger partial charge in [-0.15, -0.1) is 5.10 Å². The molecule has 0 radical (unpaired) electrons. The zero-order valence-corrected chi connectivity index (χ0v) is 22.3. The minimum Gasteiger partial charge on any atom is -0.486 e. The van der Waals surface area contributed by atoms with Gasteiger partial charge in [0.2, 0.25) is 10.0 Å². The summed E-state index contributed by atoms with van der Waals surface area (Å²) in [5.74, 6) is 1.50. The minimum atomic E-state index is -3.11. The third kappa shape index (κ3) is 4.39. The number of H-pyrrole nitrogens is 1. The Bertz CT molecular complexity index is 1580. The van der Waals surface area contributed by atoms with Crippen LogP contribution in [0.5, 0.6) is 5.75 Å². The number of ether oxygens (including phenoxy) is 1. The van der Waals surface area contributed by atoms with Gasteiger partial charge >= 0.3 is 0 Å². The van der Waals surface area contributed by atoms with E-state index >= 15 is 0 Å². The number of aromatic amines is 1. The van der Waals surface area contributed by atoms with Crippen molar-refractivity contribution in [2.45, 2.75) is 13.0 Å². The van der Waals surface area contributed by atoms with Crippen LogP contribution in [0.4, 0.5) is 5.82 Å². The molecule has 0 saturated carbocycles. The van der Waals surface area contributed by atoms with Crippen LogP contribution in [0.3, 0.4) is 0 Å². The van der Waals surface area contributed by atoms with Crippen LogP contribution in [0.2, 0.25) is 10.2 Å². The van der Waals surface area contributed by atoms with Crippen molar-refractivity contribution in [3.8, 4) is 17.0 Å². The summed E-state index contributed by atoms with van der Waals surface area (Å²) in [6.07, 6.45) is 4.06. The molecule has 10 nitrogen and oxygen atoms in total. The summed E-state index contributed by atoms with van der Waals surface area (Å²) >= 11 is 12.4. The van der Waals surface area contributed by atoms with E-state index in [0.717, 1.165) is 41.1 Å². The maximum absolute atomic E-state index is 11.7. The molecule has 6 rings (SSSR count). The Morgan fingerprint density at radius 3 is 2.57 bits per heavy atom. The molecule has 5 heterocycles. The van der Waals surface area contributed by atoms with Crippen molar-refractivity contribution in [1.29, 1.82) is 0 Å². The van der Waals surface area contributed by atoms with E-state index in [0.29, 0.717) is 29.4 Å². The molecule has 1 atom stereocenters. The number of hydrogen-bond acceptors (Lipinski definition) is 8. The number of pyridine rings is 1. The van der Waals surface area contributed by atoms with Gasteiger partial charge in [-0.2, -0.15) is 10.2 Å². The number of nitrogens with one attached hydrogen (secondary N) is 1. The van der Waals surface area contributed by atoms with Crippen molar-refractivity contribution in [1.82, 2.24) is 29.7 Å². The van der Waals surface area contributed by atoms with Gasteiger partial charge in [-0.05, 0) is 37.3 Å². The summed E-state index contributed by atoms with van der Waals surface area (Å²) in [5.41, 5.74) is 3.12. The molecule has 0 amide bonds. The Kier molecular flexibility index (Phi) is 5.79. The molecule has 192 valence electrons. The first-order chi connectivity index (χ1) is 17.6. The first-order valence-corrected chi connectivity index (χ1v) is 14.2. The number of halogens is 2. The third-order valence-electron chi connectivity index (χ3n) is 6.94. The van der Waals surface area contributed by atoms with Crippen molar-refractivity contribution in [3.63, 3.8) is 0 Å². The van der Waals surface area contributed by atoms with Crippen molar-refractivity contribution < 1.29 is 13.2 Å². The average Bonchev–Trinajstić information content (AvgIpc) is 3.20. The van der Waals surface area contributed by atoms with Crippen molar-refractivity contribution >= 4 is 49.9 Å². The lowest BCUT2D eigenvalue weighted by atomic mass is 9.74. The van der Waals surface area contributed by atoms with E-state index in [1.54, 1.807) is 6.20 Å². The summed E-state index contributed by atoms with van der Waals surface area (Å²) in [7, 11) is -3.11. The molecule has 2 aliphatic heterocycles. The molecule has 1 N–H and O–H groups in total. The molecule has 13 heteroatoms. The first-order valence-electron chi connectivity index (χ1n) is 11.6. The number of aromatic nitrogens is 5. The molecule has 1 spiro atoms. The highest BCUT2D eigenvalue weighted by Gasteiger charge is 2.54. The van der Waals surface area contributed by atoms with Gasteiger partial charge in [-0.25, -0.2) is 17.7 Å². The maximum atomic E-state index is 11.7. The summed E-state index contributed by atoms with van der Waals surface area (Å²) in [4.78, 5) is 6.82. The highest BCUT2D eigenvalue weighted by molar-refractivity contribution is 7.88. The Labute approximate surface area is 223 Å². The standard InChI is InChI=1S/C24H23Cl2N7O3S/c1-14(21-18(25)9-28-31-23(21)26)36-16-4-5-19-17(7-16)22(30-29-19)15-3-6-20(27-8-15)32-10-24(11-32)12-33(13-24)37(2,34)35/h3-9,14H,10-13H2,1-2H3,(H,29,30)/t14-/m0/s1. The van der Waals surface area contributed by atoms with Gasteiger partial charge in [-0.3, -0.25) is 5.10 Å². The van der Waals surface area contributed by atoms with Gasteiger partial charge in [-0.1, -0.05) is 23.2 Å². The van der Waals surface area contributed by atoms with Crippen LogP contribution in [0.1, 0.15) is 18.6 Å². The number of anilines is 1. The first kappa shape index (κ1) is 24.4. The second kappa shape index (κ2) is 8.80. The predicted octanol–water partition coefficient (Wildman–Crippen LogP) is 3.94. The van der Waals surface area contributed by atoms with E-state index in [9.17, 15) is 8.42 Å². The molecule has 4 aromatic rings. The van der Waals surface area contributed by atoms with Crippen molar-refractivity contribution in [2.24, 2.45) is 5.41 Å². The predicted molar refractivity (Wildman–Crippen MR) is 141 cm³/mol. The number of benzene rings is 1. The molecule has 0 unspecified atom stereocenters. The SMILES string of the molecule is C[C@H](Oc1ccc2[nH]nc(-c3ccc(N4CC5(C4)CN(S(C)(=O)=O)C5)nc3)c2c1)c1c(Cl)cnnc1Cl. The molecule has 0 aliphatic carbocycles. The second-order valence-electron chi connectivity index (χ2n) is 9.73. The van der Waals surface area contributed by atoms with Gasteiger partial charge in [0.05, 0.1) is 28.6 Å². The monoisotopic (exact) mass is 559 g/mol. The lowest BCUT2D eigenvalue weighted by Gasteiger charge is -2.59. The normalized spacial score (nSPS) is 18.0. The number of sulfonamides is 1. The molecular formula is C24H23Cl2N7O3S. The Morgan fingerprint density at radius 1 is 1.11 bits per heavy atom. The van der Waals surface area contributed by atoms with Crippen LogP contribution >= 0.6 is 23.2 Å².